The van der Waals surface area contributed by atoms with Crippen molar-refractivity contribution in [2.75, 3.05) is 6.54 Å². The highest BCUT2D eigenvalue weighted by molar-refractivity contribution is 5.99. The average Bonchev–Trinajstić information content (AvgIpc) is 2.81. The highest BCUT2D eigenvalue weighted by atomic mass is 16.5. The van der Waals surface area contributed by atoms with Crippen LogP contribution in [-0.2, 0) is 6.42 Å². The number of phenols is 3. The van der Waals surface area contributed by atoms with Gasteiger partial charge in [0.1, 0.15) is 34.3 Å². The summed E-state index contributed by atoms with van der Waals surface area (Å²) >= 11 is 0. The molecule has 3 aromatic carbocycles. The van der Waals surface area contributed by atoms with Gasteiger partial charge in [-0.2, -0.15) is 0 Å². The van der Waals surface area contributed by atoms with E-state index in [2.05, 4.69) is 10.3 Å². The molecule has 0 saturated carbocycles. The van der Waals surface area contributed by atoms with Crippen molar-refractivity contribution in [1.29, 1.82) is 0 Å². The van der Waals surface area contributed by atoms with Gasteiger partial charge in [0.15, 0.2) is 0 Å². The number of carbonyl (C=O) groups excluding carboxylic acids is 1. The molecule has 0 unspecified atom stereocenters. The quantitative estimate of drug-likeness (QED) is 0.332. The van der Waals surface area contributed by atoms with Crippen LogP contribution >= 0.6 is 0 Å². The van der Waals surface area contributed by atoms with E-state index in [-0.39, 0.29) is 11.3 Å². The maximum Gasteiger partial charge on any atom is 0.258 e. The maximum atomic E-state index is 12.2. The Balaban J connectivity index is 1.30. The summed E-state index contributed by atoms with van der Waals surface area (Å²) in [6.07, 6.45) is 4.10. The smallest absolute Gasteiger partial charge is 0.258 e. The number of pyridine rings is 1. The van der Waals surface area contributed by atoms with E-state index in [0.717, 1.165) is 34.6 Å². The van der Waals surface area contributed by atoms with Crippen molar-refractivity contribution in [3.8, 4) is 39.9 Å². The van der Waals surface area contributed by atoms with Gasteiger partial charge < -0.3 is 25.4 Å². The number of carbonyl (C=O) groups is 1. The molecule has 4 rings (SSSR count). The predicted molar refractivity (Wildman–Crippen MR) is 124 cm³/mol. The Morgan fingerprint density at radius 3 is 2.09 bits per heavy atom. The number of rotatable bonds is 7. The number of benzene rings is 3. The summed E-state index contributed by atoms with van der Waals surface area (Å²) < 4.78 is 5.90. The van der Waals surface area contributed by atoms with Crippen molar-refractivity contribution in [3.63, 3.8) is 0 Å². The molecule has 1 heterocycles. The van der Waals surface area contributed by atoms with E-state index >= 15 is 0 Å². The lowest BCUT2D eigenvalue weighted by molar-refractivity contribution is 0.0948. The zero-order chi connectivity index (χ0) is 23.2. The van der Waals surface area contributed by atoms with Crippen molar-refractivity contribution in [1.82, 2.24) is 10.3 Å². The molecule has 33 heavy (non-hydrogen) atoms. The molecule has 4 N–H and O–H groups in total. The van der Waals surface area contributed by atoms with Crippen LogP contribution in [0.25, 0.3) is 11.1 Å². The largest absolute Gasteiger partial charge is 0.508 e. The summed E-state index contributed by atoms with van der Waals surface area (Å²) in [4.78, 5) is 16.4. The van der Waals surface area contributed by atoms with Crippen LogP contribution in [0.1, 0.15) is 15.9 Å². The van der Waals surface area contributed by atoms with Gasteiger partial charge in [0.25, 0.3) is 5.91 Å². The van der Waals surface area contributed by atoms with Gasteiger partial charge in [-0.1, -0.05) is 30.3 Å². The molecule has 1 amide bonds. The topological polar surface area (TPSA) is 112 Å². The first kappa shape index (κ1) is 21.7. The van der Waals surface area contributed by atoms with Crippen LogP contribution in [0.4, 0.5) is 0 Å². The fourth-order valence-electron chi connectivity index (χ4n) is 3.35. The number of phenolic OH excluding ortho intramolecular Hbond substituents is 3. The van der Waals surface area contributed by atoms with Crippen molar-refractivity contribution in [2.24, 2.45) is 0 Å². The highest BCUT2D eigenvalue weighted by Gasteiger charge is 2.17. The Hall–Kier alpha value is -4.52. The molecule has 4 aromatic rings. The molecule has 0 radical (unpaired) electrons. The summed E-state index contributed by atoms with van der Waals surface area (Å²) in [5, 5.41) is 31.6. The Bertz CT molecular complexity index is 1220. The van der Waals surface area contributed by atoms with Crippen molar-refractivity contribution < 1.29 is 24.9 Å². The molecule has 1 aromatic heterocycles. The van der Waals surface area contributed by atoms with Crippen LogP contribution in [0, 0.1) is 0 Å². The van der Waals surface area contributed by atoms with Crippen LogP contribution in [0.2, 0.25) is 0 Å². The number of nitrogens with one attached hydrogen (secondary N) is 1. The molecule has 0 saturated heterocycles. The van der Waals surface area contributed by atoms with Gasteiger partial charge in [-0.25, -0.2) is 0 Å². The van der Waals surface area contributed by atoms with E-state index < -0.39 is 17.4 Å². The minimum absolute atomic E-state index is 0.272. The Morgan fingerprint density at radius 2 is 1.48 bits per heavy atom. The van der Waals surface area contributed by atoms with Gasteiger partial charge >= 0.3 is 0 Å². The molecule has 0 bridgehead atoms. The lowest BCUT2D eigenvalue weighted by atomic mass is 10.1. The maximum absolute atomic E-state index is 12.2. The second-order valence-electron chi connectivity index (χ2n) is 7.38. The SMILES string of the molecule is O=C(NCCc1ccc(Oc2ccc(-c3cccnc3)cc2)cc1)c1c(O)cc(O)cc1O. The van der Waals surface area contributed by atoms with Gasteiger partial charge in [-0.15, -0.1) is 0 Å². The second kappa shape index (κ2) is 9.74. The first-order chi connectivity index (χ1) is 16.0. The zero-order valence-electron chi connectivity index (χ0n) is 17.6. The molecule has 0 spiro atoms. The molecule has 0 atom stereocenters. The number of aromatic nitrogens is 1. The molecule has 7 heteroatoms. The highest BCUT2D eigenvalue weighted by Crippen LogP contribution is 2.31. The van der Waals surface area contributed by atoms with E-state index in [1.807, 2.05) is 66.9 Å². The lowest BCUT2D eigenvalue weighted by Crippen LogP contribution is -2.25. The molecule has 0 aliphatic heterocycles. The van der Waals surface area contributed by atoms with Crippen molar-refractivity contribution in [2.45, 2.75) is 6.42 Å². The molecule has 0 aliphatic rings. The van der Waals surface area contributed by atoms with Crippen LogP contribution in [0.5, 0.6) is 28.7 Å². The van der Waals surface area contributed by atoms with Crippen LogP contribution in [-0.4, -0.2) is 32.8 Å². The second-order valence-corrected chi connectivity index (χ2v) is 7.38. The van der Waals surface area contributed by atoms with Gasteiger partial charge in [0, 0.05) is 31.1 Å². The average molecular weight is 442 g/mol. The van der Waals surface area contributed by atoms with Crippen molar-refractivity contribution in [3.05, 3.63) is 96.3 Å². The molecular formula is C26H22N2O5. The fourth-order valence-corrected chi connectivity index (χ4v) is 3.35. The fraction of sp³-hybridized carbons (Fsp3) is 0.0769. The molecule has 7 nitrogen and oxygen atoms in total. The number of ether oxygens (including phenoxy) is 1. The number of hydrogen-bond donors (Lipinski definition) is 4. The summed E-state index contributed by atoms with van der Waals surface area (Å²) in [7, 11) is 0. The summed E-state index contributed by atoms with van der Waals surface area (Å²) in [6.45, 7) is 0.300. The van der Waals surface area contributed by atoms with Gasteiger partial charge in [-0.05, 0) is 53.4 Å². The van der Waals surface area contributed by atoms with E-state index in [9.17, 15) is 20.1 Å². The number of hydrogen-bond acceptors (Lipinski definition) is 6. The van der Waals surface area contributed by atoms with Gasteiger partial charge in [0.05, 0.1) is 0 Å². The third kappa shape index (κ3) is 5.40. The third-order valence-corrected chi connectivity index (χ3v) is 5.02. The third-order valence-electron chi connectivity index (χ3n) is 5.02. The first-order valence-corrected chi connectivity index (χ1v) is 10.3. The first-order valence-electron chi connectivity index (χ1n) is 10.3. The lowest BCUT2D eigenvalue weighted by Gasteiger charge is -2.10. The van der Waals surface area contributed by atoms with E-state index in [0.29, 0.717) is 18.7 Å². The summed E-state index contributed by atoms with van der Waals surface area (Å²) in [6, 6.07) is 21.2. The summed E-state index contributed by atoms with van der Waals surface area (Å²) in [5.41, 5.74) is 2.80. The number of aromatic hydroxyl groups is 3. The van der Waals surface area contributed by atoms with Gasteiger partial charge in [-0.3, -0.25) is 9.78 Å². The van der Waals surface area contributed by atoms with Crippen molar-refractivity contribution >= 4 is 5.91 Å². The molecule has 0 aliphatic carbocycles. The number of nitrogens with zero attached hydrogens (tertiary/aromatic N) is 1. The normalized spacial score (nSPS) is 10.5. The van der Waals surface area contributed by atoms with E-state index in [1.54, 1.807) is 6.20 Å². The van der Waals surface area contributed by atoms with Gasteiger partial charge in [0.2, 0.25) is 0 Å². The van der Waals surface area contributed by atoms with Crippen LogP contribution in [0.3, 0.4) is 0 Å². The predicted octanol–water partition coefficient (Wildman–Crippen LogP) is 4.63. The zero-order valence-corrected chi connectivity index (χ0v) is 17.6. The van der Waals surface area contributed by atoms with Crippen LogP contribution in [0.15, 0.2) is 85.2 Å². The van der Waals surface area contributed by atoms with E-state index in [1.165, 1.54) is 0 Å². The monoisotopic (exact) mass is 442 g/mol. The Morgan fingerprint density at radius 1 is 0.848 bits per heavy atom. The molecule has 0 fully saturated rings. The van der Waals surface area contributed by atoms with E-state index in [4.69, 9.17) is 4.74 Å². The molecule has 166 valence electrons. The van der Waals surface area contributed by atoms with Crippen LogP contribution < -0.4 is 10.1 Å². The summed E-state index contributed by atoms with van der Waals surface area (Å²) in [5.74, 6) is -0.514. The number of amides is 1. The minimum atomic E-state index is -0.625. The molecular weight excluding hydrogens is 420 g/mol. The standard InChI is InChI=1S/C26H22N2O5/c29-20-14-23(30)25(24(31)15-20)26(32)28-13-11-17-3-7-21(8-4-17)33-22-9-5-18(6-10-22)19-2-1-12-27-16-19/h1-10,12,14-16,29-31H,11,13H2,(H,28,32). The Labute approximate surface area is 190 Å². The minimum Gasteiger partial charge on any atom is -0.508 e. The Kier molecular flexibility index (Phi) is 6.40.